The highest BCUT2D eigenvalue weighted by molar-refractivity contribution is 5.40. The van der Waals surface area contributed by atoms with E-state index >= 15 is 0 Å². The third-order valence-electron chi connectivity index (χ3n) is 5.23. The molecule has 3 heterocycles. The van der Waals surface area contributed by atoms with Crippen LogP contribution in [0.4, 0.5) is 19.0 Å². The molecular formula is C18H20F3N5O. The van der Waals surface area contributed by atoms with Crippen LogP contribution in [0.15, 0.2) is 29.6 Å². The van der Waals surface area contributed by atoms with E-state index in [0.29, 0.717) is 18.5 Å². The van der Waals surface area contributed by atoms with Crippen LogP contribution in [0.2, 0.25) is 0 Å². The van der Waals surface area contributed by atoms with Crippen molar-refractivity contribution in [3.05, 3.63) is 46.5 Å². The zero-order valence-electron chi connectivity index (χ0n) is 14.7. The molecule has 2 aliphatic rings. The fourth-order valence-electron chi connectivity index (χ4n) is 3.48. The first-order valence-electron chi connectivity index (χ1n) is 9.11. The summed E-state index contributed by atoms with van der Waals surface area (Å²) in [5, 5.41) is 0. The molecule has 2 fully saturated rings. The Balaban J connectivity index is 1.37. The van der Waals surface area contributed by atoms with Gasteiger partial charge in [-0.15, -0.1) is 0 Å². The fraction of sp³-hybridized carbons (Fsp3) is 0.556. The van der Waals surface area contributed by atoms with E-state index in [2.05, 4.69) is 25.9 Å². The molecule has 1 aliphatic carbocycles. The zero-order chi connectivity index (χ0) is 19.0. The Bertz CT molecular complexity index is 870. The average molecular weight is 379 g/mol. The quantitative estimate of drug-likeness (QED) is 0.817. The Labute approximate surface area is 154 Å². The largest absolute Gasteiger partial charge is 0.433 e. The summed E-state index contributed by atoms with van der Waals surface area (Å²) in [5.74, 6) is 1.73. The minimum absolute atomic E-state index is 0.224. The fourth-order valence-corrected chi connectivity index (χ4v) is 3.48. The highest BCUT2D eigenvalue weighted by Crippen LogP contribution is 2.39. The number of nitrogens with zero attached hydrogens (tertiary/aromatic N) is 5. The minimum Gasteiger partial charge on any atom is -0.356 e. The van der Waals surface area contributed by atoms with Crippen LogP contribution in [0, 0.1) is 5.92 Å². The molecule has 0 amide bonds. The molecular weight excluding hydrogens is 359 g/mol. The van der Waals surface area contributed by atoms with Gasteiger partial charge in [0.15, 0.2) is 5.69 Å². The van der Waals surface area contributed by atoms with E-state index in [4.69, 9.17) is 0 Å². The first-order valence-corrected chi connectivity index (χ1v) is 9.11. The standard InChI is InChI=1S/C18H20F3N5O/c19-18(20,21)15-8-17(27)26(11-24-15)9-12-3-5-25(6-4-12)16-7-14(13-1-2-13)22-10-23-16/h7-8,10-13H,1-6,9H2. The molecule has 2 aromatic heterocycles. The summed E-state index contributed by atoms with van der Waals surface area (Å²) in [4.78, 5) is 26.2. The van der Waals surface area contributed by atoms with Crippen LogP contribution in [0.25, 0.3) is 0 Å². The lowest BCUT2D eigenvalue weighted by Crippen LogP contribution is -2.37. The maximum atomic E-state index is 12.6. The van der Waals surface area contributed by atoms with Crippen LogP contribution in [0.1, 0.15) is 43.0 Å². The lowest BCUT2D eigenvalue weighted by Gasteiger charge is -2.33. The smallest absolute Gasteiger partial charge is 0.356 e. The van der Waals surface area contributed by atoms with Crippen LogP contribution < -0.4 is 10.5 Å². The summed E-state index contributed by atoms with van der Waals surface area (Å²) in [7, 11) is 0. The number of halogens is 3. The average Bonchev–Trinajstić information content (AvgIpc) is 3.48. The van der Waals surface area contributed by atoms with Crippen LogP contribution in [0.5, 0.6) is 0 Å². The molecule has 0 unspecified atom stereocenters. The lowest BCUT2D eigenvalue weighted by molar-refractivity contribution is -0.141. The van der Waals surface area contributed by atoms with E-state index in [1.165, 1.54) is 17.4 Å². The van der Waals surface area contributed by atoms with Crippen molar-refractivity contribution >= 4 is 5.82 Å². The number of piperidine rings is 1. The molecule has 144 valence electrons. The van der Waals surface area contributed by atoms with Crippen LogP contribution in [-0.4, -0.2) is 32.6 Å². The summed E-state index contributed by atoms with van der Waals surface area (Å²) in [6.45, 7) is 1.98. The lowest BCUT2D eigenvalue weighted by atomic mass is 9.96. The van der Waals surface area contributed by atoms with Crippen molar-refractivity contribution in [2.45, 2.75) is 44.3 Å². The van der Waals surface area contributed by atoms with Gasteiger partial charge in [-0.05, 0) is 31.6 Å². The van der Waals surface area contributed by atoms with Gasteiger partial charge >= 0.3 is 6.18 Å². The molecule has 1 saturated heterocycles. The van der Waals surface area contributed by atoms with E-state index in [1.54, 1.807) is 6.33 Å². The topological polar surface area (TPSA) is 63.9 Å². The first kappa shape index (κ1) is 17.9. The Morgan fingerprint density at radius 3 is 2.41 bits per heavy atom. The summed E-state index contributed by atoms with van der Waals surface area (Å²) in [6.07, 6.45) is 2.09. The van der Waals surface area contributed by atoms with Crippen LogP contribution in [-0.2, 0) is 12.7 Å². The first-order chi connectivity index (χ1) is 12.9. The van der Waals surface area contributed by atoms with Crippen molar-refractivity contribution < 1.29 is 13.2 Å². The molecule has 0 bridgehead atoms. The predicted molar refractivity (Wildman–Crippen MR) is 92.4 cm³/mol. The molecule has 9 heteroatoms. The Morgan fingerprint density at radius 1 is 1.04 bits per heavy atom. The monoisotopic (exact) mass is 379 g/mol. The summed E-state index contributed by atoms with van der Waals surface area (Å²) < 4.78 is 39.1. The zero-order valence-corrected chi connectivity index (χ0v) is 14.7. The molecule has 4 rings (SSSR count). The molecule has 1 aliphatic heterocycles. The second kappa shape index (κ2) is 6.94. The van der Waals surface area contributed by atoms with E-state index in [0.717, 1.165) is 43.8 Å². The molecule has 6 nitrogen and oxygen atoms in total. The number of rotatable bonds is 4. The summed E-state index contributed by atoms with van der Waals surface area (Å²) in [5.41, 5.74) is -0.706. The van der Waals surface area contributed by atoms with Gasteiger partial charge in [0.1, 0.15) is 12.1 Å². The van der Waals surface area contributed by atoms with Crippen LogP contribution in [0.3, 0.4) is 0 Å². The molecule has 1 saturated carbocycles. The van der Waals surface area contributed by atoms with Gasteiger partial charge in [0.2, 0.25) is 0 Å². The molecule has 0 spiro atoms. The number of hydrogen-bond acceptors (Lipinski definition) is 5. The second-order valence-corrected chi connectivity index (χ2v) is 7.27. The van der Waals surface area contributed by atoms with Crippen molar-refractivity contribution in [1.29, 1.82) is 0 Å². The number of anilines is 1. The van der Waals surface area contributed by atoms with Crippen molar-refractivity contribution in [2.24, 2.45) is 5.92 Å². The molecule has 0 radical (unpaired) electrons. The van der Waals surface area contributed by atoms with Gasteiger partial charge in [-0.3, -0.25) is 9.36 Å². The van der Waals surface area contributed by atoms with Gasteiger partial charge in [0.25, 0.3) is 5.56 Å². The van der Waals surface area contributed by atoms with E-state index in [1.807, 2.05) is 0 Å². The molecule has 27 heavy (non-hydrogen) atoms. The van der Waals surface area contributed by atoms with Gasteiger partial charge in [0.05, 0.1) is 6.33 Å². The van der Waals surface area contributed by atoms with E-state index in [-0.39, 0.29) is 5.92 Å². The summed E-state index contributed by atoms with van der Waals surface area (Å²) in [6, 6.07) is 2.62. The highest BCUT2D eigenvalue weighted by atomic mass is 19.4. The molecule has 2 aromatic rings. The maximum absolute atomic E-state index is 12.6. The minimum atomic E-state index is -4.60. The third kappa shape index (κ3) is 4.12. The molecule has 0 atom stereocenters. The van der Waals surface area contributed by atoms with Crippen molar-refractivity contribution in [3.8, 4) is 0 Å². The number of hydrogen-bond donors (Lipinski definition) is 0. The molecule has 0 aromatic carbocycles. The van der Waals surface area contributed by atoms with Gasteiger partial charge in [0, 0.05) is 43.4 Å². The third-order valence-corrected chi connectivity index (χ3v) is 5.23. The van der Waals surface area contributed by atoms with Gasteiger partial charge in [-0.2, -0.15) is 13.2 Å². The van der Waals surface area contributed by atoms with Crippen molar-refractivity contribution in [1.82, 2.24) is 19.5 Å². The van der Waals surface area contributed by atoms with E-state index in [9.17, 15) is 18.0 Å². The highest BCUT2D eigenvalue weighted by Gasteiger charge is 2.33. The Kier molecular flexibility index (Phi) is 4.61. The summed E-state index contributed by atoms with van der Waals surface area (Å²) >= 11 is 0. The van der Waals surface area contributed by atoms with Crippen LogP contribution >= 0.6 is 0 Å². The number of alkyl halides is 3. The van der Waals surface area contributed by atoms with E-state index < -0.39 is 17.4 Å². The maximum Gasteiger partial charge on any atom is 0.433 e. The predicted octanol–water partition coefficient (Wildman–Crippen LogP) is 2.85. The van der Waals surface area contributed by atoms with Gasteiger partial charge in [-0.1, -0.05) is 0 Å². The number of aromatic nitrogens is 4. The Morgan fingerprint density at radius 2 is 1.78 bits per heavy atom. The SMILES string of the molecule is O=c1cc(C(F)(F)F)ncn1CC1CCN(c2cc(C3CC3)ncn2)CC1. The normalized spacial score (nSPS) is 18.7. The van der Waals surface area contributed by atoms with Crippen molar-refractivity contribution in [3.63, 3.8) is 0 Å². The van der Waals surface area contributed by atoms with Crippen molar-refractivity contribution in [2.75, 3.05) is 18.0 Å². The molecule has 0 N–H and O–H groups in total. The van der Waals surface area contributed by atoms with Gasteiger partial charge < -0.3 is 4.90 Å². The Hall–Kier alpha value is -2.45. The second-order valence-electron chi connectivity index (χ2n) is 7.27. The van der Waals surface area contributed by atoms with Gasteiger partial charge in [-0.25, -0.2) is 15.0 Å².